The monoisotopic (exact) mass is 428 g/mol. The Kier molecular flexibility index (Phi) is 6.28. The molecule has 162 valence electrons. The molecule has 0 spiro atoms. The molecule has 1 aliphatic heterocycles. The summed E-state index contributed by atoms with van der Waals surface area (Å²) in [6.45, 7) is 2.69. The number of aliphatic imine (C=N–C) groups is 1. The smallest absolute Gasteiger partial charge is 0.338 e. The number of carbonyl (C=O) groups is 2. The number of nitro benzene ring substituents is 1. The topological polar surface area (TPSA) is 139 Å². The summed E-state index contributed by atoms with van der Waals surface area (Å²) in [7, 11) is 0. The molecule has 0 saturated carbocycles. The maximum absolute atomic E-state index is 13.9. The molecule has 2 aromatic carbocycles. The van der Waals surface area contributed by atoms with E-state index in [1.165, 1.54) is 18.2 Å². The van der Waals surface area contributed by atoms with Crippen molar-refractivity contribution in [2.75, 3.05) is 11.4 Å². The lowest BCUT2D eigenvalue weighted by Gasteiger charge is -2.35. The molecule has 3 rings (SSSR count). The van der Waals surface area contributed by atoms with E-state index in [-0.39, 0.29) is 28.7 Å². The van der Waals surface area contributed by atoms with Crippen molar-refractivity contribution in [1.82, 2.24) is 0 Å². The molecular formula is C21H21FN4O5. The van der Waals surface area contributed by atoms with Crippen LogP contribution in [0.15, 0.2) is 41.4 Å². The van der Waals surface area contributed by atoms with E-state index in [0.29, 0.717) is 12.2 Å². The van der Waals surface area contributed by atoms with Gasteiger partial charge < -0.3 is 15.7 Å². The Balaban J connectivity index is 1.91. The van der Waals surface area contributed by atoms with Crippen LogP contribution in [0.2, 0.25) is 0 Å². The Labute approximate surface area is 177 Å². The van der Waals surface area contributed by atoms with Gasteiger partial charge >= 0.3 is 5.97 Å². The molecule has 9 nitrogen and oxygen atoms in total. The van der Waals surface area contributed by atoms with Gasteiger partial charge in [-0.3, -0.25) is 14.9 Å². The standard InChI is InChI=1S/C21H21FN4O5/c1-12-4-2-3-9-25(12)17-8-6-14(11-18(17)26(30)31)20(27)24-19(23)13-5-7-15(21(28)29)16(22)10-13/h5-8,10-12H,2-4,9H2,1H3,(H,28,29)(H2,23,24,27). The van der Waals surface area contributed by atoms with Crippen molar-refractivity contribution in [2.24, 2.45) is 10.7 Å². The Morgan fingerprint density at radius 2 is 1.94 bits per heavy atom. The highest BCUT2D eigenvalue weighted by molar-refractivity contribution is 6.09. The lowest BCUT2D eigenvalue weighted by molar-refractivity contribution is -0.384. The minimum absolute atomic E-state index is 0.0177. The molecule has 0 aromatic heterocycles. The van der Waals surface area contributed by atoms with Crippen LogP contribution in [0.25, 0.3) is 0 Å². The Morgan fingerprint density at radius 3 is 2.55 bits per heavy atom. The predicted octanol–water partition coefficient (Wildman–Crippen LogP) is 3.36. The summed E-state index contributed by atoms with van der Waals surface area (Å²) in [6, 6.07) is 7.37. The summed E-state index contributed by atoms with van der Waals surface area (Å²) in [4.78, 5) is 40.2. The minimum Gasteiger partial charge on any atom is -0.478 e. The van der Waals surface area contributed by atoms with Gasteiger partial charge in [0.05, 0.1) is 10.5 Å². The van der Waals surface area contributed by atoms with Gasteiger partial charge in [-0.25, -0.2) is 9.18 Å². The number of nitrogens with zero attached hydrogens (tertiary/aromatic N) is 3. The van der Waals surface area contributed by atoms with Crippen LogP contribution in [0, 0.1) is 15.9 Å². The number of carboxylic acids is 1. The molecule has 1 aliphatic rings. The Bertz CT molecular complexity index is 1090. The predicted molar refractivity (Wildman–Crippen MR) is 112 cm³/mol. The van der Waals surface area contributed by atoms with E-state index in [9.17, 15) is 24.1 Å². The number of benzene rings is 2. The molecule has 1 heterocycles. The summed E-state index contributed by atoms with van der Waals surface area (Å²) < 4.78 is 13.9. The molecule has 1 atom stereocenters. The molecule has 2 aromatic rings. The number of nitro groups is 1. The van der Waals surface area contributed by atoms with Crippen molar-refractivity contribution in [2.45, 2.75) is 32.2 Å². The van der Waals surface area contributed by atoms with Gasteiger partial charge in [-0.2, -0.15) is 4.99 Å². The van der Waals surface area contributed by atoms with Crippen molar-refractivity contribution >= 4 is 29.1 Å². The zero-order valence-electron chi connectivity index (χ0n) is 16.7. The zero-order chi connectivity index (χ0) is 22.7. The maximum Gasteiger partial charge on any atom is 0.338 e. The lowest BCUT2D eigenvalue weighted by atomic mass is 10.0. The van der Waals surface area contributed by atoms with E-state index in [1.54, 1.807) is 0 Å². The van der Waals surface area contributed by atoms with E-state index >= 15 is 0 Å². The van der Waals surface area contributed by atoms with Crippen LogP contribution in [0.5, 0.6) is 0 Å². The van der Waals surface area contributed by atoms with E-state index in [0.717, 1.165) is 37.5 Å². The second-order valence-electron chi connectivity index (χ2n) is 7.30. The summed E-state index contributed by atoms with van der Waals surface area (Å²) in [5.41, 5.74) is 5.44. The SMILES string of the molecule is CC1CCCCN1c1ccc(C(=O)N=C(N)c2ccc(C(=O)O)c(F)c2)cc1[N+](=O)[O-]. The van der Waals surface area contributed by atoms with Gasteiger partial charge in [0.15, 0.2) is 0 Å². The number of rotatable bonds is 5. The van der Waals surface area contributed by atoms with Gasteiger partial charge in [0, 0.05) is 29.8 Å². The number of carbonyl (C=O) groups excluding carboxylic acids is 1. The zero-order valence-corrected chi connectivity index (χ0v) is 16.7. The van der Waals surface area contributed by atoms with Crippen molar-refractivity contribution in [3.63, 3.8) is 0 Å². The number of halogens is 1. The quantitative estimate of drug-likeness (QED) is 0.322. The molecule has 0 aliphatic carbocycles. The molecule has 1 fully saturated rings. The Hall–Kier alpha value is -3.82. The molecule has 31 heavy (non-hydrogen) atoms. The molecule has 1 saturated heterocycles. The van der Waals surface area contributed by atoms with Gasteiger partial charge in [-0.05, 0) is 50.5 Å². The van der Waals surface area contributed by atoms with Crippen LogP contribution < -0.4 is 10.6 Å². The van der Waals surface area contributed by atoms with Crippen molar-refractivity contribution in [3.05, 3.63) is 69.0 Å². The molecule has 10 heteroatoms. The van der Waals surface area contributed by atoms with Gasteiger partial charge in [0.2, 0.25) is 0 Å². The average molecular weight is 428 g/mol. The summed E-state index contributed by atoms with van der Waals surface area (Å²) >= 11 is 0. The highest BCUT2D eigenvalue weighted by Crippen LogP contribution is 2.33. The van der Waals surface area contributed by atoms with Gasteiger partial charge in [0.1, 0.15) is 17.3 Å². The third kappa shape index (κ3) is 4.68. The number of hydrogen-bond donors (Lipinski definition) is 2. The van der Waals surface area contributed by atoms with Crippen LogP contribution in [-0.2, 0) is 0 Å². The third-order valence-corrected chi connectivity index (χ3v) is 5.25. The number of nitrogens with two attached hydrogens (primary N) is 1. The number of anilines is 1. The fraction of sp³-hybridized carbons (Fsp3) is 0.286. The van der Waals surface area contributed by atoms with E-state index in [2.05, 4.69) is 4.99 Å². The highest BCUT2D eigenvalue weighted by Gasteiger charge is 2.26. The van der Waals surface area contributed by atoms with Crippen LogP contribution in [0.4, 0.5) is 15.8 Å². The first-order chi connectivity index (χ1) is 14.7. The lowest BCUT2D eigenvalue weighted by Crippen LogP contribution is -2.37. The summed E-state index contributed by atoms with van der Waals surface area (Å²) in [5.74, 6) is -3.63. The van der Waals surface area contributed by atoms with Crippen LogP contribution in [0.3, 0.4) is 0 Å². The second-order valence-corrected chi connectivity index (χ2v) is 7.30. The number of piperidine rings is 1. The van der Waals surface area contributed by atoms with Gasteiger partial charge in [-0.15, -0.1) is 0 Å². The number of carboxylic acid groups (broad SMARTS) is 1. The van der Waals surface area contributed by atoms with Crippen molar-refractivity contribution < 1.29 is 24.0 Å². The molecule has 1 amide bonds. The first kappa shape index (κ1) is 21.9. The first-order valence-corrected chi connectivity index (χ1v) is 9.66. The van der Waals surface area contributed by atoms with Crippen LogP contribution in [0.1, 0.15) is 52.5 Å². The average Bonchev–Trinajstić information content (AvgIpc) is 2.73. The molecule has 0 radical (unpaired) electrons. The van der Waals surface area contributed by atoms with E-state index in [4.69, 9.17) is 10.8 Å². The normalized spacial score (nSPS) is 16.8. The minimum atomic E-state index is -1.44. The van der Waals surface area contributed by atoms with E-state index < -0.39 is 28.2 Å². The molecular weight excluding hydrogens is 407 g/mol. The number of hydrogen-bond acceptors (Lipinski definition) is 5. The first-order valence-electron chi connectivity index (χ1n) is 9.66. The van der Waals surface area contributed by atoms with E-state index in [1.807, 2.05) is 11.8 Å². The van der Waals surface area contributed by atoms with Crippen LogP contribution in [-0.4, -0.2) is 40.3 Å². The largest absolute Gasteiger partial charge is 0.478 e. The molecule has 3 N–H and O–H groups in total. The fourth-order valence-corrected chi connectivity index (χ4v) is 3.59. The fourth-order valence-electron chi connectivity index (χ4n) is 3.59. The third-order valence-electron chi connectivity index (χ3n) is 5.25. The highest BCUT2D eigenvalue weighted by atomic mass is 19.1. The van der Waals surface area contributed by atoms with Crippen molar-refractivity contribution in [1.29, 1.82) is 0 Å². The molecule has 1 unspecified atom stereocenters. The summed E-state index contributed by atoms with van der Waals surface area (Å²) in [5, 5.41) is 20.5. The number of amidine groups is 1. The van der Waals surface area contributed by atoms with Crippen molar-refractivity contribution in [3.8, 4) is 0 Å². The van der Waals surface area contributed by atoms with Crippen LogP contribution >= 0.6 is 0 Å². The summed E-state index contributed by atoms with van der Waals surface area (Å²) in [6.07, 6.45) is 2.92. The second kappa shape index (κ2) is 8.90. The molecule has 0 bridgehead atoms. The van der Waals surface area contributed by atoms with Gasteiger partial charge in [0.25, 0.3) is 11.6 Å². The van der Waals surface area contributed by atoms with Gasteiger partial charge in [-0.1, -0.05) is 6.07 Å². The Morgan fingerprint density at radius 1 is 1.23 bits per heavy atom. The number of aromatic carboxylic acids is 1. The number of amides is 1. The maximum atomic E-state index is 13.9.